The molecule has 6 heteroatoms. The minimum atomic E-state index is 0.0243. The first-order valence-electron chi connectivity index (χ1n) is 5.90. The molecule has 1 aliphatic rings. The molecule has 1 saturated carbocycles. The van der Waals surface area contributed by atoms with Crippen molar-refractivity contribution in [3.05, 3.63) is 18.2 Å². The fourth-order valence-electron chi connectivity index (χ4n) is 1.68. The van der Waals surface area contributed by atoms with Gasteiger partial charge < -0.3 is 16.4 Å². The number of nitrogens with two attached hydrogens (primary N) is 1. The summed E-state index contributed by atoms with van der Waals surface area (Å²) in [5.41, 5.74) is 7.34. The van der Waals surface area contributed by atoms with E-state index in [1.807, 2.05) is 18.2 Å². The summed E-state index contributed by atoms with van der Waals surface area (Å²) in [5, 5.41) is 6.71. The summed E-state index contributed by atoms with van der Waals surface area (Å²) >= 11 is 1.51. The molecule has 4 N–H and O–H groups in total. The summed E-state index contributed by atoms with van der Waals surface area (Å²) in [5.74, 6) is 0.0243. The molecule has 5 nitrogen and oxygen atoms in total. The number of thiazole rings is 1. The van der Waals surface area contributed by atoms with Crippen LogP contribution in [0.5, 0.6) is 0 Å². The van der Waals surface area contributed by atoms with Crippen LogP contribution in [0.4, 0.5) is 10.8 Å². The maximum Gasteiger partial charge on any atom is 0.239 e. The van der Waals surface area contributed by atoms with Gasteiger partial charge in [-0.25, -0.2) is 4.98 Å². The quantitative estimate of drug-likeness (QED) is 0.731. The van der Waals surface area contributed by atoms with Crippen molar-refractivity contribution in [2.45, 2.75) is 18.9 Å². The van der Waals surface area contributed by atoms with E-state index in [1.165, 1.54) is 11.3 Å². The van der Waals surface area contributed by atoms with Crippen molar-refractivity contribution in [3.63, 3.8) is 0 Å². The molecule has 0 radical (unpaired) electrons. The molecule has 0 unspecified atom stereocenters. The Labute approximate surface area is 108 Å². The molecule has 1 fully saturated rings. The lowest BCUT2D eigenvalue weighted by molar-refractivity contribution is -0.119. The van der Waals surface area contributed by atoms with E-state index < -0.39 is 0 Å². The molecule has 0 bridgehead atoms. The minimum Gasteiger partial charge on any atom is -0.399 e. The fraction of sp³-hybridized carbons (Fsp3) is 0.333. The first kappa shape index (κ1) is 11.3. The number of hydrogen-bond donors (Lipinski definition) is 3. The van der Waals surface area contributed by atoms with E-state index in [9.17, 15) is 4.79 Å². The first-order chi connectivity index (χ1) is 8.70. The highest BCUT2D eigenvalue weighted by atomic mass is 32.1. The van der Waals surface area contributed by atoms with Crippen LogP contribution in [0.3, 0.4) is 0 Å². The van der Waals surface area contributed by atoms with Crippen molar-refractivity contribution >= 4 is 38.3 Å². The maximum atomic E-state index is 11.5. The van der Waals surface area contributed by atoms with E-state index in [0.29, 0.717) is 6.04 Å². The topological polar surface area (TPSA) is 80.0 Å². The number of aromatic nitrogens is 1. The molecular formula is C12H14N4OS. The Bertz CT molecular complexity index is 591. The SMILES string of the molecule is Nc1ccc2nc(NCC(=O)NC3CC3)sc2c1. The molecule has 1 heterocycles. The third kappa shape index (κ3) is 2.53. The Balaban J connectivity index is 1.64. The average molecular weight is 262 g/mol. The third-order valence-corrected chi connectivity index (χ3v) is 3.73. The summed E-state index contributed by atoms with van der Waals surface area (Å²) in [6.07, 6.45) is 2.21. The van der Waals surface area contributed by atoms with Gasteiger partial charge in [0.15, 0.2) is 5.13 Å². The summed E-state index contributed by atoms with van der Waals surface area (Å²) in [7, 11) is 0. The van der Waals surface area contributed by atoms with Gasteiger partial charge in [-0.05, 0) is 31.0 Å². The number of nitrogens with zero attached hydrogens (tertiary/aromatic N) is 1. The molecule has 0 aliphatic heterocycles. The van der Waals surface area contributed by atoms with Crippen LogP contribution in [0.15, 0.2) is 18.2 Å². The van der Waals surface area contributed by atoms with Crippen LogP contribution in [0.2, 0.25) is 0 Å². The first-order valence-corrected chi connectivity index (χ1v) is 6.72. The van der Waals surface area contributed by atoms with Gasteiger partial charge in [-0.2, -0.15) is 0 Å². The molecule has 1 aromatic carbocycles. The normalized spacial score (nSPS) is 14.7. The van der Waals surface area contributed by atoms with Crippen molar-refractivity contribution in [2.24, 2.45) is 0 Å². The van der Waals surface area contributed by atoms with Crippen molar-refractivity contribution in [1.82, 2.24) is 10.3 Å². The van der Waals surface area contributed by atoms with Crippen molar-refractivity contribution in [1.29, 1.82) is 0 Å². The van der Waals surface area contributed by atoms with Gasteiger partial charge in [0.1, 0.15) is 0 Å². The Morgan fingerprint density at radius 3 is 3.11 bits per heavy atom. The number of nitrogen functional groups attached to an aromatic ring is 1. The molecule has 3 rings (SSSR count). The monoisotopic (exact) mass is 262 g/mol. The van der Waals surface area contributed by atoms with Gasteiger partial charge in [-0.3, -0.25) is 4.79 Å². The fourth-order valence-corrected chi connectivity index (χ4v) is 2.59. The highest BCUT2D eigenvalue weighted by Gasteiger charge is 2.22. The average Bonchev–Trinajstić information content (AvgIpc) is 3.04. The Morgan fingerprint density at radius 2 is 2.33 bits per heavy atom. The minimum absolute atomic E-state index is 0.0243. The molecule has 0 saturated heterocycles. The van der Waals surface area contributed by atoms with Crippen LogP contribution < -0.4 is 16.4 Å². The van der Waals surface area contributed by atoms with Crippen LogP contribution in [-0.2, 0) is 4.79 Å². The Kier molecular flexibility index (Phi) is 2.79. The highest BCUT2D eigenvalue weighted by Crippen LogP contribution is 2.27. The molecule has 2 aromatic rings. The predicted octanol–water partition coefficient (Wildman–Crippen LogP) is 1.57. The number of anilines is 2. The Hall–Kier alpha value is -1.82. The van der Waals surface area contributed by atoms with Crippen LogP contribution in [0.25, 0.3) is 10.2 Å². The smallest absolute Gasteiger partial charge is 0.239 e. The second kappa shape index (κ2) is 4.45. The zero-order valence-corrected chi connectivity index (χ0v) is 10.6. The van der Waals surface area contributed by atoms with E-state index in [4.69, 9.17) is 5.73 Å². The number of benzene rings is 1. The van der Waals surface area contributed by atoms with E-state index in [0.717, 1.165) is 33.9 Å². The lowest BCUT2D eigenvalue weighted by Gasteiger charge is -2.03. The number of carbonyl (C=O) groups excluding carboxylic acids is 1. The summed E-state index contributed by atoms with van der Waals surface area (Å²) < 4.78 is 1.03. The molecule has 0 atom stereocenters. The number of hydrogen-bond acceptors (Lipinski definition) is 5. The van der Waals surface area contributed by atoms with Crippen molar-refractivity contribution < 1.29 is 4.79 Å². The number of nitrogens with one attached hydrogen (secondary N) is 2. The molecule has 94 valence electrons. The zero-order chi connectivity index (χ0) is 12.5. The molecule has 1 amide bonds. The highest BCUT2D eigenvalue weighted by molar-refractivity contribution is 7.22. The molecular weight excluding hydrogens is 248 g/mol. The second-order valence-electron chi connectivity index (χ2n) is 4.44. The van der Waals surface area contributed by atoms with E-state index in [1.54, 1.807) is 0 Å². The van der Waals surface area contributed by atoms with Crippen LogP contribution in [0, 0.1) is 0 Å². The largest absolute Gasteiger partial charge is 0.399 e. The maximum absolute atomic E-state index is 11.5. The number of amides is 1. The summed E-state index contributed by atoms with van der Waals surface area (Å²) in [6, 6.07) is 6.00. The number of rotatable bonds is 4. The molecule has 0 spiro atoms. The van der Waals surface area contributed by atoms with Crippen molar-refractivity contribution in [3.8, 4) is 0 Å². The zero-order valence-electron chi connectivity index (χ0n) is 9.77. The van der Waals surface area contributed by atoms with Gasteiger partial charge in [0.05, 0.1) is 16.8 Å². The third-order valence-electron chi connectivity index (χ3n) is 2.76. The van der Waals surface area contributed by atoms with Gasteiger partial charge in [0, 0.05) is 11.7 Å². The number of fused-ring (bicyclic) bond motifs is 1. The van der Waals surface area contributed by atoms with Gasteiger partial charge >= 0.3 is 0 Å². The van der Waals surface area contributed by atoms with Gasteiger partial charge in [-0.15, -0.1) is 0 Å². The molecule has 1 aliphatic carbocycles. The lowest BCUT2D eigenvalue weighted by atomic mass is 10.3. The van der Waals surface area contributed by atoms with Crippen LogP contribution in [0.1, 0.15) is 12.8 Å². The summed E-state index contributed by atoms with van der Waals surface area (Å²) in [4.78, 5) is 15.9. The molecule has 1 aromatic heterocycles. The predicted molar refractivity (Wildman–Crippen MR) is 73.7 cm³/mol. The Morgan fingerprint density at radius 1 is 1.50 bits per heavy atom. The van der Waals surface area contributed by atoms with E-state index in [-0.39, 0.29) is 12.5 Å². The van der Waals surface area contributed by atoms with Gasteiger partial charge in [-0.1, -0.05) is 11.3 Å². The second-order valence-corrected chi connectivity index (χ2v) is 5.47. The van der Waals surface area contributed by atoms with Gasteiger partial charge in [0.25, 0.3) is 0 Å². The van der Waals surface area contributed by atoms with Crippen LogP contribution in [-0.4, -0.2) is 23.5 Å². The van der Waals surface area contributed by atoms with Gasteiger partial charge in [0.2, 0.25) is 5.91 Å². The van der Waals surface area contributed by atoms with E-state index >= 15 is 0 Å². The number of carbonyl (C=O) groups is 1. The standard InChI is InChI=1S/C12H14N4OS/c13-7-1-4-9-10(5-7)18-12(16-9)14-6-11(17)15-8-2-3-8/h1,4-5,8H,2-3,6,13H2,(H,14,16)(H,15,17). The van der Waals surface area contributed by atoms with Crippen molar-refractivity contribution in [2.75, 3.05) is 17.6 Å². The van der Waals surface area contributed by atoms with E-state index in [2.05, 4.69) is 15.6 Å². The summed E-state index contributed by atoms with van der Waals surface area (Å²) in [6.45, 7) is 0.270. The lowest BCUT2D eigenvalue weighted by Crippen LogP contribution is -2.31. The van der Waals surface area contributed by atoms with Crippen LogP contribution >= 0.6 is 11.3 Å². The molecule has 18 heavy (non-hydrogen) atoms.